The molecule has 0 aliphatic rings. The number of anilines is 1. The molecule has 2 heterocycles. The van der Waals surface area contributed by atoms with Gasteiger partial charge in [-0.2, -0.15) is 5.26 Å². The largest absolute Gasteiger partial charge is 0.374 e. The summed E-state index contributed by atoms with van der Waals surface area (Å²) in [6.07, 6.45) is 3.25. The third kappa shape index (κ3) is 2.30. The average Bonchev–Trinajstić information content (AvgIpc) is 2.94. The number of para-hydroxylation sites is 1. The minimum absolute atomic E-state index is 0.0737. The highest BCUT2D eigenvalue weighted by Crippen LogP contribution is 2.28. The number of hydrogen-bond acceptors (Lipinski definition) is 5. The van der Waals surface area contributed by atoms with Crippen LogP contribution in [0.15, 0.2) is 36.8 Å². The Bertz CT molecular complexity index is 830. The van der Waals surface area contributed by atoms with E-state index < -0.39 is 0 Å². The SMILES string of the molecule is CC(Nc1c(C#N)cnc2ccccc12)c1nncn1C. The topological polar surface area (TPSA) is 79.4 Å². The first-order valence-corrected chi connectivity index (χ1v) is 6.59. The summed E-state index contributed by atoms with van der Waals surface area (Å²) >= 11 is 0. The van der Waals surface area contributed by atoms with Gasteiger partial charge < -0.3 is 9.88 Å². The molecular weight excluding hydrogens is 264 g/mol. The number of rotatable bonds is 3. The van der Waals surface area contributed by atoms with Gasteiger partial charge in [0.1, 0.15) is 12.4 Å². The number of nitrogens with one attached hydrogen (secondary N) is 1. The van der Waals surface area contributed by atoms with Crippen molar-refractivity contribution in [1.29, 1.82) is 5.26 Å². The molecule has 6 nitrogen and oxygen atoms in total. The summed E-state index contributed by atoms with van der Waals surface area (Å²) in [5.41, 5.74) is 2.14. The number of nitriles is 1. The third-order valence-electron chi connectivity index (χ3n) is 3.39. The van der Waals surface area contributed by atoms with Crippen molar-refractivity contribution < 1.29 is 0 Å². The predicted molar refractivity (Wildman–Crippen MR) is 79.5 cm³/mol. The summed E-state index contributed by atoms with van der Waals surface area (Å²) in [6.45, 7) is 1.99. The molecule has 1 atom stereocenters. The van der Waals surface area contributed by atoms with Crippen molar-refractivity contribution in [2.75, 3.05) is 5.32 Å². The van der Waals surface area contributed by atoms with Crippen LogP contribution < -0.4 is 5.32 Å². The van der Waals surface area contributed by atoms with E-state index in [0.29, 0.717) is 5.56 Å². The zero-order valence-electron chi connectivity index (χ0n) is 11.8. The molecule has 0 amide bonds. The zero-order chi connectivity index (χ0) is 14.8. The van der Waals surface area contributed by atoms with Crippen LogP contribution in [0.1, 0.15) is 24.4 Å². The molecule has 1 unspecified atom stereocenters. The molecule has 0 radical (unpaired) electrons. The first kappa shape index (κ1) is 13.1. The lowest BCUT2D eigenvalue weighted by Gasteiger charge is -2.17. The fourth-order valence-electron chi connectivity index (χ4n) is 2.35. The standard InChI is InChI=1S/C15H14N6/c1-10(15-20-18-9-21(15)2)19-14-11(7-16)8-17-13-6-4-3-5-12(13)14/h3-6,8-10H,1-2H3,(H,17,19). The highest BCUT2D eigenvalue weighted by molar-refractivity contribution is 5.93. The Labute approximate surface area is 122 Å². The van der Waals surface area contributed by atoms with Crippen LogP contribution in [-0.4, -0.2) is 19.7 Å². The molecule has 1 N–H and O–H groups in total. The molecule has 1 aromatic carbocycles. The Hall–Kier alpha value is -2.94. The summed E-state index contributed by atoms with van der Waals surface area (Å²) in [7, 11) is 1.89. The van der Waals surface area contributed by atoms with E-state index in [0.717, 1.165) is 22.4 Å². The minimum Gasteiger partial charge on any atom is -0.374 e. The Morgan fingerprint density at radius 2 is 2.14 bits per heavy atom. The summed E-state index contributed by atoms with van der Waals surface area (Å²) < 4.78 is 1.85. The van der Waals surface area contributed by atoms with Gasteiger partial charge in [-0.1, -0.05) is 18.2 Å². The second-order valence-corrected chi connectivity index (χ2v) is 4.84. The van der Waals surface area contributed by atoms with Gasteiger partial charge in [-0.3, -0.25) is 4.98 Å². The van der Waals surface area contributed by atoms with Crippen LogP contribution >= 0.6 is 0 Å². The minimum atomic E-state index is -0.0737. The van der Waals surface area contributed by atoms with Crippen LogP contribution in [0, 0.1) is 11.3 Å². The second-order valence-electron chi connectivity index (χ2n) is 4.84. The molecule has 3 aromatic rings. The van der Waals surface area contributed by atoms with Crippen molar-refractivity contribution in [3.05, 3.63) is 48.2 Å². The lowest BCUT2D eigenvalue weighted by Crippen LogP contribution is -2.13. The van der Waals surface area contributed by atoms with Crippen molar-refractivity contribution in [3.8, 4) is 6.07 Å². The molecule has 104 valence electrons. The van der Waals surface area contributed by atoms with Crippen molar-refractivity contribution in [2.24, 2.45) is 7.05 Å². The van der Waals surface area contributed by atoms with E-state index in [1.807, 2.05) is 42.8 Å². The average molecular weight is 278 g/mol. The number of aromatic nitrogens is 4. The summed E-state index contributed by atoms with van der Waals surface area (Å²) in [6, 6.07) is 9.85. The van der Waals surface area contributed by atoms with Gasteiger partial charge in [0.25, 0.3) is 0 Å². The van der Waals surface area contributed by atoms with Crippen molar-refractivity contribution >= 4 is 16.6 Å². The second kappa shape index (κ2) is 5.21. The van der Waals surface area contributed by atoms with Gasteiger partial charge in [-0.05, 0) is 13.0 Å². The molecule has 6 heteroatoms. The molecule has 0 spiro atoms. The lowest BCUT2D eigenvalue weighted by atomic mass is 10.1. The molecule has 3 rings (SSSR count). The van der Waals surface area contributed by atoms with Crippen molar-refractivity contribution in [2.45, 2.75) is 13.0 Å². The number of benzene rings is 1. The molecule has 2 aromatic heterocycles. The Morgan fingerprint density at radius 1 is 1.33 bits per heavy atom. The fraction of sp³-hybridized carbons (Fsp3) is 0.200. The first-order valence-electron chi connectivity index (χ1n) is 6.59. The maximum Gasteiger partial charge on any atom is 0.154 e. The highest BCUT2D eigenvalue weighted by atomic mass is 15.3. The maximum absolute atomic E-state index is 9.31. The monoisotopic (exact) mass is 278 g/mol. The van der Waals surface area contributed by atoms with Crippen LogP contribution in [-0.2, 0) is 7.05 Å². The highest BCUT2D eigenvalue weighted by Gasteiger charge is 2.15. The first-order chi connectivity index (χ1) is 10.2. The van der Waals surface area contributed by atoms with Crippen molar-refractivity contribution in [1.82, 2.24) is 19.7 Å². The molecule has 0 bridgehead atoms. The molecule has 21 heavy (non-hydrogen) atoms. The fourth-order valence-corrected chi connectivity index (χ4v) is 2.35. The molecule has 0 saturated heterocycles. The van der Waals surface area contributed by atoms with E-state index in [4.69, 9.17) is 0 Å². The van der Waals surface area contributed by atoms with Crippen LogP contribution in [0.5, 0.6) is 0 Å². The van der Waals surface area contributed by atoms with E-state index in [1.54, 1.807) is 12.5 Å². The normalized spacial score (nSPS) is 12.0. The molecular formula is C15H14N6. The quantitative estimate of drug-likeness (QED) is 0.795. The molecule has 0 fully saturated rings. The Morgan fingerprint density at radius 3 is 2.86 bits per heavy atom. The molecule has 0 saturated carbocycles. The van der Waals surface area contributed by atoms with E-state index in [9.17, 15) is 5.26 Å². The number of pyridine rings is 1. The number of fused-ring (bicyclic) bond motifs is 1. The van der Waals surface area contributed by atoms with Gasteiger partial charge in [-0.15, -0.1) is 10.2 Å². The Kier molecular flexibility index (Phi) is 3.24. The number of hydrogen-bond donors (Lipinski definition) is 1. The van der Waals surface area contributed by atoms with E-state index in [-0.39, 0.29) is 6.04 Å². The van der Waals surface area contributed by atoms with Gasteiger partial charge in [0.15, 0.2) is 5.82 Å². The van der Waals surface area contributed by atoms with Crippen LogP contribution in [0.4, 0.5) is 5.69 Å². The van der Waals surface area contributed by atoms with Gasteiger partial charge >= 0.3 is 0 Å². The number of nitrogens with zero attached hydrogens (tertiary/aromatic N) is 5. The van der Waals surface area contributed by atoms with E-state index >= 15 is 0 Å². The zero-order valence-corrected chi connectivity index (χ0v) is 11.8. The van der Waals surface area contributed by atoms with Crippen LogP contribution in [0.3, 0.4) is 0 Å². The Balaban J connectivity index is 2.07. The summed E-state index contributed by atoms with van der Waals surface area (Å²) in [5, 5.41) is 21.6. The number of aryl methyl sites for hydroxylation is 1. The van der Waals surface area contributed by atoms with Crippen molar-refractivity contribution in [3.63, 3.8) is 0 Å². The van der Waals surface area contributed by atoms with Crippen LogP contribution in [0.2, 0.25) is 0 Å². The van der Waals surface area contributed by atoms with Gasteiger partial charge in [0.05, 0.1) is 22.8 Å². The van der Waals surface area contributed by atoms with Gasteiger partial charge in [0, 0.05) is 18.6 Å². The smallest absolute Gasteiger partial charge is 0.154 e. The van der Waals surface area contributed by atoms with E-state index in [2.05, 4.69) is 26.6 Å². The van der Waals surface area contributed by atoms with E-state index in [1.165, 1.54) is 0 Å². The summed E-state index contributed by atoms with van der Waals surface area (Å²) in [5.74, 6) is 0.805. The third-order valence-corrected chi connectivity index (χ3v) is 3.39. The summed E-state index contributed by atoms with van der Waals surface area (Å²) in [4.78, 5) is 4.30. The maximum atomic E-state index is 9.31. The molecule has 0 aliphatic heterocycles. The van der Waals surface area contributed by atoms with Gasteiger partial charge in [-0.25, -0.2) is 0 Å². The van der Waals surface area contributed by atoms with Crippen LogP contribution in [0.25, 0.3) is 10.9 Å². The molecule has 0 aliphatic carbocycles. The predicted octanol–water partition coefficient (Wildman–Crippen LogP) is 2.41. The van der Waals surface area contributed by atoms with Gasteiger partial charge in [0.2, 0.25) is 0 Å². The lowest BCUT2D eigenvalue weighted by molar-refractivity contribution is 0.720.